The van der Waals surface area contributed by atoms with Crippen molar-refractivity contribution in [1.29, 1.82) is 0 Å². The fraction of sp³-hybridized carbons (Fsp3) is 0. The fourth-order valence-corrected chi connectivity index (χ4v) is 1.51. The van der Waals surface area contributed by atoms with E-state index in [1.54, 1.807) is 0 Å². The monoisotopic (exact) mass is 292 g/mol. The van der Waals surface area contributed by atoms with Crippen LogP contribution in [-0.4, -0.2) is 21.9 Å². The van der Waals surface area contributed by atoms with Gasteiger partial charge in [0.25, 0.3) is 5.91 Å². The summed E-state index contributed by atoms with van der Waals surface area (Å²) in [4.78, 5) is 15.7. The number of aromatic nitrogens is 1. The highest BCUT2D eigenvalue weighted by molar-refractivity contribution is 6.03. The highest BCUT2D eigenvalue weighted by Gasteiger charge is 2.11. The third-order valence-corrected chi connectivity index (χ3v) is 2.58. The third kappa shape index (κ3) is 3.30. The summed E-state index contributed by atoms with van der Waals surface area (Å²) in [5.41, 5.74) is 5.50. The molecule has 8 heteroatoms. The zero-order chi connectivity index (χ0) is 15.4. The molecule has 4 N–H and O–H groups in total. The molecule has 0 saturated carbocycles. The van der Waals surface area contributed by atoms with Crippen molar-refractivity contribution in [2.24, 2.45) is 10.9 Å². The summed E-state index contributed by atoms with van der Waals surface area (Å²) >= 11 is 0. The van der Waals surface area contributed by atoms with E-state index in [0.717, 1.165) is 12.1 Å². The molecule has 0 aliphatic carbocycles. The molecular weight excluding hydrogens is 282 g/mol. The minimum Gasteiger partial charge on any atom is -0.409 e. The van der Waals surface area contributed by atoms with Crippen LogP contribution in [0.2, 0.25) is 0 Å². The van der Waals surface area contributed by atoms with E-state index < -0.39 is 17.5 Å². The van der Waals surface area contributed by atoms with Crippen LogP contribution in [0.1, 0.15) is 16.1 Å². The number of halogens is 2. The minimum absolute atomic E-state index is 0.00628. The van der Waals surface area contributed by atoms with Gasteiger partial charge in [0.05, 0.1) is 5.69 Å². The molecule has 108 valence electrons. The molecule has 21 heavy (non-hydrogen) atoms. The van der Waals surface area contributed by atoms with Crippen molar-refractivity contribution in [3.8, 4) is 0 Å². The third-order valence-electron chi connectivity index (χ3n) is 2.58. The Bertz CT molecular complexity index is 702. The van der Waals surface area contributed by atoms with E-state index in [9.17, 15) is 13.6 Å². The lowest BCUT2D eigenvalue weighted by atomic mass is 10.2. The molecule has 0 fully saturated rings. The number of nitrogens with one attached hydrogen (secondary N) is 1. The smallest absolute Gasteiger partial charge is 0.274 e. The zero-order valence-electron chi connectivity index (χ0n) is 10.5. The Morgan fingerprint density at radius 3 is 2.62 bits per heavy atom. The van der Waals surface area contributed by atoms with Gasteiger partial charge in [-0.3, -0.25) is 9.78 Å². The first-order chi connectivity index (χ1) is 10.0. The van der Waals surface area contributed by atoms with Crippen LogP contribution in [0.25, 0.3) is 0 Å². The summed E-state index contributed by atoms with van der Waals surface area (Å²) in [6.07, 6.45) is 1.23. The number of anilines is 1. The van der Waals surface area contributed by atoms with Crippen molar-refractivity contribution in [2.75, 3.05) is 5.32 Å². The van der Waals surface area contributed by atoms with Gasteiger partial charge in [-0.25, -0.2) is 8.78 Å². The quantitative estimate of drug-likeness (QED) is 0.347. The molecule has 0 aliphatic heterocycles. The van der Waals surface area contributed by atoms with Gasteiger partial charge in [0, 0.05) is 17.8 Å². The number of carbonyl (C=O) groups is 1. The number of hydrogen-bond donors (Lipinski definition) is 3. The van der Waals surface area contributed by atoms with E-state index in [0.29, 0.717) is 11.6 Å². The molecule has 0 unspecified atom stereocenters. The van der Waals surface area contributed by atoms with Crippen molar-refractivity contribution in [3.05, 3.63) is 59.4 Å². The first kappa shape index (κ1) is 14.4. The average molecular weight is 292 g/mol. The lowest BCUT2D eigenvalue weighted by Crippen LogP contribution is -2.17. The van der Waals surface area contributed by atoms with Gasteiger partial charge in [0.2, 0.25) is 0 Å². The second-order valence-electron chi connectivity index (χ2n) is 4.00. The Labute approximate surface area is 117 Å². The van der Waals surface area contributed by atoms with E-state index in [1.165, 1.54) is 18.3 Å². The molecule has 1 aromatic heterocycles. The molecular formula is C13H10F2N4O2. The molecule has 6 nitrogen and oxygen atoms in total. The van der Waals surface area contributed by atoms with E-state index in [2.05, 4.69) is 15.5 Å². The highest BCUT2D eigenvalue weighted by Crippen LogP contribution is 2.15. The number of amidine groups is 1. The Balaban J connectivity index is 2.17. The van der Waals surface area contributed by atoms with Crippen LogP contribution in [0.5, 0.6) is 0 Å². The summed E-state index contributed by atoms with van der Waals surface area (Å²) in [5.74, 6) is -2.46. The van der Waals surface area contributed by atoms with Crippen LogP contribution >= 0.6 is 0 Å². The molecule has 0 saturated heterocycles. The van der Waals surface area contributed by atoms with Gasteiger partial charge < -0.3 is 16.3 Å². The van der Waals surface area contributed by atoms with Crippen LogP contribution in [0.3, 0.4) is 0 Å². The molecule has 1 aromatic carbocycles. The lowest BCUT2D eigenvalue weighted by molar-refractivity contribution is 0.102. The lowest BCUT2D eigenvalue weighted by Gasteiger charge is -2.06. The fourth-order valence-electron chi connectivity index (χ4n) is 1.51. The first-order valence-electron chi connectivity index (χ1n) is 5.71. The van der Waals surface area contributed by atoms with Gasteiger partial charge in [-0.2, -0.15) is 0 Å². The van der Waals surface area contributed by atoms with Crippen LogP contribution in [0, 0.1) is 11.6 Å². The topological polar surface area (TPSA) is 101 Å². The Hall–Kier alpha value is -3.03. The predicted octanol–water partition coefficient (Wildman–Crippen LogP) is 1.71. The van der Waals surface area contributed by atoms with Crippen molar-refractivity contribution < 1.29 is 18.8 Å². The average Bonchev–Trinajstić information content (AvgIpc) is 2.49. The second kappa shape index (κ2) is 5.95. The van der Waals surface area contributed by atoms with Gasteiger partial charge in [0.1, 0.15) is 17.3 Å². The predicted molar refractivity (Wildman–Crippen MR) is 71.1 cm³/mol. The van der Waals surface area contributed by atoms with Crippen molar-refractivity contribution >= 4 is 17.4 Å². The number of benzene rings is 1. The number of carbonyl (C=O) groups excluding carboxylic acids is 1. The maximum absolute atomic E-state index is 13.4. The molecule has 1 heterocycles. The van der Waals surface area contributed by atoms with Crippen LogP contribution in [-0.2, 0) is 0 Å². The maximum Gasteiger partial charge on any atom is 0.274 e. The summed E-state index contributed by atoms with van der Waals surface area (Å²) in [6.45, 7) is 0. The molecule has 0 bridgehead atoms. The largest absolute Gasteiger partial charge is 0.409 e. The Morgan fingerprint density at radius 1 is 1.29 bits per heavy atom. The molecule has 0 spiro atoms. The van der Waals surface area contributed by atoms with Crippen LogP contribution < -0.4 is 11.1 Å². The van der Waals surface area contributed by atoms with Gasteiger partial charge in [0.15, 0.2) is 5.84 Å². The number of amides is 1. The van der Waals surface area contributed by atoms with Crippen molar-refractivity contribution in [2.45, 2.75) is 0 Å². The normalized spacial score (nSPS) is 11.2. The summed E-state index contributed by atoms with van der Waals surface area (Å²) in [6, 6.07) is 5.52. The molecule has 0 radical (unpaired) electrons. The van der Waals surface area contributed by atoms with Gasteiger partial charge in [-0.05, 0) is 24.3 Å². The molecule has 2 rings (SSSR count). The molecule has 0 aliphatic rings. The van der Waals surface area contributed by atoms with E-state index in [4.69, 9.17) is 10.9 Å². The number of nitrogens with two attached hydrogens (primary N) is 1. The van der Waals surface area contributed by atoms with Gasteiger partial charge >= 0.3 is 0 Å². The van der Waals surface area contributed by atoms with Crippen LogP contribution in [0.15, 0.2) is 41.7 Å². The SMILES string of the molecule is NC(=NO)c1ccc(C(=O)Nc2ccc(F)cc2F)nc1. The van der Waals surface area contributed by atoms with E-state index in [-0.39, 0.29) is 17.2 Å². The number of hydrogen-bond acceptors (Lipinski definition) is 4. The number of nitrogens with zero attached hydrogens (tertiary/aromatic N) is 2. The van der Waals surface area contributed by atoms with Crippen molar-refractivity contribution in [1.82, 2.24) is 4.98 Å². The number of oxime groups is 1. The van der Waals surface area contributed by atoms with Gasteiger partial charge in [-0.1, -0.05) is 5.16 Å². The molecule has 2 aromatic rings. The maximum atomic E-state index is 13.4. The Kier molecular flexibility index (Phi) is 4.07. The van der Waals surface area contributed by atoms with Gasteiger partial charge in [-0.15, -0.1) is 0 Å². The zero-order valence-corrected chi connectivity index (χ0v) is 10.5. The molecule has 1 amide bonds. The standard InChI is InChI=1S/C13H10F2N4O2/c14-8-2-4-10(9(15)5-8)18-13(20)11-3-1-7(6-17-11)12(16)19-21/h1-6,21H,(H2,16,19)(H,18,20). The second-order valence-corrected chi connectivity index (χ2v) is 4.00. The van der Waals surface area contributed by atoms with E-state index in [1.807, 2.05) is 0 Å². The first-order valence-corrected chi connectivity index (χ1v) is 5.71. The van der Waals surface area contributed by atoms with Crippen LogP contribution in [0.4, 0.5) is 14.5 Å². The summed E-state index contributed by atoms with van der Waals surface area (Å²) < 4.78 is 26.2. The number of rotatable bonds is 3. The summed E-state index contributed by atoms with van der Waals surface area (Å²) in [5, 5.41) is 13.6. The van der Waals surface area contributed by atoms with Crippen molar-refractivity contribution in [3.63, 3.8) is 0 Å². The molecule has 0 atom stereocenters. The number of pyridine rings is 1. The minimum atomic E-state index is -0.892. The summed E-state index contributed by atoms with van der Waals surface area (Å²) in [7, 11) is 0. The Morgan fingerprint density at radius 2 is 2.05 bits per heavy atom. The highest BCUT2D eigenvalue weighted by atomic mass is 19.1. The van der Waals surface area contributed by atoms with E-state index >= 15 is 0 Å².